The average Bonchev–Trinajstić information content (AvgIpc) is 2.84. The van der Waals surface area contributed by atoms with E-state index in [2.05, 4.69) is 49.3 Å². The van der Waals surface area contributed by atoms with Crippen molar-refractivity contribution in [2.45, 2.75) is 50.5 Å². The molecule has 2 aromatic rings. The quantitative estimate of drug-likeness (QED) is 0.446. The Balaban J connectivity index is 1.67. The van der Waals surface area contributed by atoms with E-state index in [0.29, 0.717) is 12.5 Å². The maximum absolute atomic E-state index is 13.6. The lowest BCUT2D eigenvalue weighted by atomic mass is 9.65. The molecule has 1 aliphatic carbocycles. The number of amides is 1. The number of ether oxygens (including phenoxy) is 1. The van der Waals surface area contributed by atoms with Crippen molar-refractivity contribution in [1.82, 2.24) is 4.90 Å². The van der Waals surface area contributed by atoms with Crippen LogP contribution in [0.15, 0.2) is 98.1 Å². The van der Waals surface area contributed by atoms with E-state index in [4.69, 9.17) is 4.74 Å². The number of nitrogens with zero attached hydrogens (tertiary/aromatic N) is 1. The first-order valence-electron chi connectivity index (χ1n) is 11.6. The molecular formula is C29H33NO2. The van der Waals surface area contributed by atoms with E-state index in [1.54, 1.807) is 0 Å². The lowest BCUT2D eigenvalue weighted by Gasteiger charge is -2.56. The van der Waals surface area contributed by atoms with Gasteiger partial charge in [-0.1, -0.05) is 72.8 Å². The summed E-state index contributed by atoms with van der Waals surface area (Å²) in [6.07, 6.45) is 10.9. The van der Waals surface area contributed by atoms with Gasteiger partial charge in [0, 0.05) is 17.5 Å². The van der Waals surface area contributed by atoms with Crippen molar-refractivity contribution >= 4 is 5.91 Å². The van der Waals surface area contributed by atoms with Crippen molar-refractivity contribution in [3.05, 3.63) is 109 Å². The van der Waals surface area contributed by atoms with Crippen LogP contribution in [0, 0.1) is 11.8 Å². The first-order valence-corrected chi connectivity index (χ1v) is 11.6. The molecule has 3 nitrogen and oxygen atoms in total. The minimum atomic E-state index is -0.456. The minimum absolute atomic E-state index is 0.0154. The standard InChI is InChI=1S/C29H33NO2/c1-4-18-29(19-5-2,32-21-23-12-8-6-9-13-23)26-20-25-16-17-27(26)30(22(25)3)28(31)24-14-10-7-11-15-24/h4-17,22,25-27H,1-2,18-21H2,3H3/t22-,25-,26+,27+/m1/s1. The molecule has 0 saturated carbocycles. The van der Waals surface area contributed by atoms with E-state index < -0.39 is 5.60 Å². The number of hydrogen-bond donors (Lipinski definition) is 0. The molecule has 1 fully saturated rings. The van der Waals surface area contributed by atoms with Gasteiger partial charge in [-0.05, 0) is 49.8 Å². The Morgan fingerprint density at radius 1 is 1.03 bits per heavy atom. The second kappa shape index (κ2) is 9.70. The molecule has 0 spiro atoms. The van der Waals surface area contributed by atoms with Crippen molar-refractivity contribution in [1.29, 1.82) is 0 Å². The third-order valence-electron chi connectivity index (χ3n) is 7.15. The summed E-state index contributed by atoms with van der Waals surface area (Å²) >= 11 is 0. The molecule has 1 amide bonds. The van der Waals surface area contributed by atoms with Gasteiger partial charge in [-0.25, -0.2) is 0 Å². The van der Waals surface area contributed by atoms with Gasteiger partial charge in [0.15, 0.2) is 0 Å². The summed E-state index contributed by atoms with van der Waals surface area (Å²) in [6.45, 7) is 10.8. The van der Waals surface area contributed by atoms with Gasteiger partial charge < -0.3 is 9.64 Å². The largest absolute Gasteiger partial charge is 0.369 e. The molecule has 2 bridgehead atoms. The highest BCUT2D eigenvalue weighted by Gasteiger charge is 2.52. The van der Waals surface area contributed by atoms with Crippen molar-refractivity contribution in [2.24, 2.45) is 11.8 Å². The molecule has 4 atom stereocenters. The Kier molecular flexibility index (Phi) is 6.76. The van der Waals surface area contributed by atoms with Crippen LogP contribution < -0.4 is 0 Å². The summed E-state index contributed by atoms with van der Waals surface area (Å²) in [4.78, 5) is 15.7. The smallest absolute Gasteiger partial charge is 0.254 e. The fourth-order valence-electron chi connectivity index (χ4n) is 5.50. The highest BCUT2D eigenvalue weighted by Crippen LogP contribution is 2.48. The zero-order valence-corrected chi connectivity index (χ0v) is 18.9. The second-order valence-electron chi connectivity index (χ2n) is 9.03. The van der Waals surface area contributed by atoms with Crippen LogP contribution in [0.3, 0.4) is 0 Å². The molecule has 2 aromatic carbocycles. The number of carbonyl (C=O) groups excluding carboxylic acids is 1. The van der Waals surface area contributed by atoms with E-state index in [1.807, 2.05) is 60.7 Å². The van der Waals surface area contributed by atoms with E-state index in [1.165, 1.54) is 0 Å². The molecule has 0 N–H and O–H groups in total. The Morgan fingerprint density at radius 2 is 1.66 bits per heavy atom. The summed E-state index contributed by atoms with van der Waals surface area (Å²) in [6, 6.07) is 20.0. The van der Waals surface area contributed by atoms with Gasteiger partial charge in [0.25, 0.3) is 5.91 Å². The van der Waals surface area contributed by atoms with Crippen molar-refractivity contribution < 1.29 is 9.53 Å². The average molecular weight is 428 g/mol. The molecule has 166 valence electrons. The van der Waals surface area contributed by atoms with E-state index in [0.717, 1.165) is 30.4 Å². The van der Waals surface area contributed by atoms with E-state index >= 15 is 0 Å². The van der Waals surface area contributed by atoms with Gasteiger partial charge in [-0.15, -0.1) is 13.2 Å². The van der Waals surface area contributed by atoms with Crippen molar-refractivity contribution in [3.8, 4) is 0 Å². The number of fused-ring (bicyclic) bond motifs is 2. The maximum atomic E-state index is 13.6. The first-order chi connectivity index (χ1) is 15.6. The predicted molar refractivity (Wildman–Crippen MR) is 130 cm³/mol. The summed E-state index contributed by atoms with van der Waals surface area (Å²) in [5.41, 5.74) is 1.43. The fraction of sp³-hybridized carbons (Fsp3) is 0.345. The van der Waals surface area contributed by atoms with Gasteiger partial charge in [0.05, 0.1) is 18.2 Å². The van der Waals surface area contributed by atoms with Crippen LogP contribution in [-0.2, 0) is 11.3 Å². The highest BCUT2D eigenvalue weighted by molar-refractivity contribution is 5.95. The Bertz CT molecular complexity index is 955. The van der Waals surface area contributed by atoms with Crippen LogP contribution in [-0.4, -0.2) is 28.5 Å². The van der Waals surface area contributed by atoms with Crippen LogP contribution in [0.2, 0.25) is 0 Å². The van der Waals surface area contributed by atoms with Crippen LogP contribution in [0.4, 0.5) is 0 Å². The molecule has 32 heavy (non-hydrogen) atoms. The number of rotatable bonds is 9. The second-order valence-corrected chi connectivity index (χ2v) is 9.03. The van der Waals surface area contributed by atoms with Gasteiger partial charge >= 0.3 is 0 Å². The summed E-state index contributed by atoms with van der Waals surface area (Å²) in [5.74, 6) is 0.574. The van der Waals surface area contributed by atoms with Crippen LogP contribution in [0.25, 0.3) is 0 Å². The molecule has 0 aromatic heterocycles. The fourth-order valence-corrected chi connectivity index (χ4v) is 5.50. The molecule has 2 aliphatic heterocycles. The Morgan fingerprint density at radius 3 is 2.28 bits per heavy atom. The Hall–Kier alpha value is -2.91. The molecule has 0 radical (unpaired) electrons. The van der Waals surface area contributed by atoms with Gasteiger partial charge in [0.1, 0.15) is 0 Å². The number of carbonyl (C=O) groups is 1. The molecule has 1 saturated heterocycles. The summed E-state index contributed by atoms with van der Waals surface area (Å²) in [5, 5.41) is 0. The normalized spacial score (nSPS) is 24.3. The van der Waals surface area contributed by atoms with E-state index in [9.17, 15) is 4.79 Å². The van der Waals surface area contributed by atoms with Gasteiger partial charge in [-0.3, -0.25) is 4.79 Å². The topological polar surface area (TPSA) is 29.5 Å². The van der Waals surface area contributed by atoms with E-state index in [-0.39, 0.29) is 23.9 Å². The number of benzene rings is 2. The lowest BCUT2D eigenvalue weighted by Crippen LogP contribution is -2.63. The molecule has 2 heterocycles. The lowest BCUT2D eigenvalue weighted by molar-refractivity contribution is -0.130. The molecule has 3 aliphatic rings. The number of hydrogen-bond acceptors (Lipinski definition) is 2. The van der Waals surface area contributed by atoms with Gasteiger partial charge in [0.2, 0.25) is 0 Å². The summed E-state index contributed by atoms with van der Waals surface area (Å²) in [7, 11) is 0. The predicted octanol–water partition coefficient (Wildman–Crippen LogP) is 6.20. The summed E-state index contributed by atoms with van der Waals surface area (Å²) < 4.78 is 6.74. The SMILES string of the molecule is C=CCC(CC=C)(OCc1ccccc1)[C@H]1C[C@H]2C=C[C@@H]1N(C(=O)c1ccccc1)[C@@H]2C. The third-order valence-corrected chi connectivity index (χ3v) is 7.15. The number of piperidine rings is 1. The molecule has 3 heteroatoms. The first kappa shape index (κ1) is 22.3. The van der Waals surface area contributed by atoms with Crippen LogP contribution in [0.1, 0.15) is 42.1 Å². The third kappa shape index (κ3) is 4.22. The van der Waals surface area contributed by atoms with Crippen LogP contribution in [0.5, 0.6) is 0 Å². The van der Waals surface area contributed by atoms with Crippen molar-refractivity contribution in [3.63, 3.8) is 0 Å². The minimum Gasteiger partial charge on any atom is -0.369 e. The highest BCUT2D eigenvalue weighted by atomic mass is 16.5. The molecule has 5 rings (SSSR count). The van der Waals surface area contributed by atoms with Gasteiger partial charge in [-0.2, -0.15) is 0 Å². The zero-order valence-electron chi connectivity index (χ0n) is 18.9. The maximum Gasteiger partial charge on any atom is 0.254 e. The molecular weight excluding hydrogens is 394 g/mol. The Labute approximate surface area is 192 Å². The molecule has 0 unspecified atom stereocenters. The monoisotopic (exact) mass is 427 g/mol. The zero-order chi connectivity index (χ0) is 22.6. The van der Waals surface area contributed by atoms with Crippen molar-refractivity contribution in [2.75, 3.05) is 0 Å². The van der Waals surface area contributed by atoms with Crippen LogP contribution >= 0.6 is 0 Å².